The summed E-state index contributed by atoms with van der Waals surface area (Å²) in [5.41, 5.74) is 1.74. The van der Waals surface area contributed by atoms with Gasteiger partial charge in [0.05, 0.1) is 18.9 Å². The van der Waals surface area contributed by atoms with Gasteiger partial charge in [-0.15, -0.1) is 0 Å². The van der Waals surface area contributed by atoms with E-state index >= 15 is 0 Å². The minimum absolute atomic E-state index is 0.142. The second kappa shape index (κ2) is 8.76. The Bertz CT molecular complexity index is 640. The van der Waals surface area contributed by atoms with Crippen LogP contribution in [0.3, 0.4) is 0 Å². The zero-order valence-corrected chi connectivity index (χ0v) is 13.2. The van der Waals surface area contributed by atoms with Gasteiger partial charge in [0.1, 0.15) is 11.9 Å². The van der Waals surface area contributed by atoms with Crippen LogP contribution in [0.5, 0.6) is 5.75 Å². The zero-order chi connectivity index (χ0) is 16.5. The summed E-state index contributed by atoms with van der Waals surface area (Å²) in [4.78, 5) is 11.2. The number of hydrogen-bond acceptors (Lipinski definition) is 3. The van der Waals surface area contributed by atoms with Gasteiger partial charge in [0.15, 0.2) is 0 Å². The number of nitrogens with one attached hydrogen (secondary N) is 1. The van der Waals surface area contributed by atoms with Crippen LogP contribution in [0, 0.1) is 0 Å². The van der Waals surface area contributed by atoms with Crippen LogP contribution < -0.4 is 10.1 Å². The van der Waals surface area contributed by atoms with E-state index in [0.29, 0.717) is 24.7 Å². The number of para-hydroxylation sites is 2. The summed E-state index contributed by atoms with van der Waals surface area (Å²) in [6.07, 6.45) is 1.39. The minimum atomic E-state index is -0.298. The maximum Gasteiger partial charge on any atom is 0.221 e. The molecule has 0 aliphatic carbocycles. The van der Waals surface area contributed by atoms with Crippen LogP contribution in [0.25, 0.3) is 0 Å². The normalized spacial score (nSPS) is 11.5. The molecule has 0 aromatic heterocycles. The third kappa shape index (κ3) is 5.60. The van der Waals surface area contributed by atoms with E-state index in [-0.39, 0.29) is 12.0 Å². The fraction of sp³-hybridized carbons (Fsp3) is 0.211. The smallest absolute Gasteiger partial charge is 0.221 e. The van der Waals surface area contributed by atoms with Crippen molar-refractivity contribution >= 4 is 11.6 Å². The molecule has 0 spiro atoms. The van der Waals surface area contributed by atoms with Crippen molar-refractivity contribution in [2.75, 3.05) is 11.9 Å². The fourth-order valence-electron chi connectivity index (χ4n) is 2.04. The highest BCUT2D eigenvalue weighted by molar-refractivity contribution is 5.90. The molecule has 2 aromatic carbocycles. The molecule has 120 valence electrons. The van der Waals surface area contributed by atoms with Gasteiger partial charge in [-0.3, -0.25) is 4.79 Å². The Balaban J connectivity index is 1.92. The summed E-state index contributed by atoms with van der Waals surface area (Å²) in [5, 5.41) is 2.75. The first-order valence-electron chi connectivity index (χ1n) is 7.46. The van der Waals surface area contributed by atoms with E-state index in [1.807, 2.05) is 42.5 Å². The Hall–Kier alpha value is -2.59. The molecule has 2 aromatic rings. The van der Waals surface area contributed by atoms with Gasteiger partial charge in [-0.2, -0.15) is 0 Å². The molecule has 1 N–H and O–H groups in total. The van der Waals surface area contributed by atoms with E-state index in [1.165, 1.54) is 6.92 Å². The van der Waals surface area contributed by atoms with Gasteiger partial charge >= 0.3 is 0 Å². The summed E-state index contributed by atoms with van der Waals surface area (Å²) < 4.78 is 11.6. The molecule has 0 unspecified atom stereocenters. The van der Waals surface area contributed by atoms with Gasteiger partial charge in [-0.1, -0.05) is 49.0 Å². The summed E-state index contributed by atoms with van der Waals surface area (Å²) in [6, 6.07) is 17.2. The van der Waals surface area contributed by atoms with Crippen molar-refractivity contribution < 1.29 is 14.3 Å². The molecule has 0 aliphatic heterocycles. The first-order chi connectivity index (χ1) is 11.2. The second-order valence-electron chi connectivity index (χ2n) is 5.07. The molecule has 0 bridgehead atoms. The van der Waals surface area contributed by atoms with Crippen LogP contribution in [0.15, 0.2) is 67.3 Å². The SMILES string of the molecule is C=C[C@@H](COCc1ccccc1)Oc1ccccc1NC(C)=O. The van der Waals surface area contributed by atoms with Crippen molar-refractivity contribution in [1.29, 1.82) is 0 Å². The number of hydrogen-bond donors (Lipinski definition) is 1. The first-order valence-corrected chi connectivity index (χ1v) is 7.46. The van der Waals surface area contributed by atoms with Gasteiger partial charge < -0.3 is 14.8 Å². The number of benzene rings is 2. The topological polar surface area (TPSA) is 47.6 Å². The molecule has 2 rings (SSSR count). The standard InChI is InChI=1S/C19H21NO3/c1-3-17(14-22-13-16-9-5-4-6-10-16)23-19-12-8-7-11-18(19)20-15(2)21/h3-12,17H,1,13-14H2,2H3,(H,20,21)/t17-/m0/s1. The van der Waals surface area contributed by atoms with Gasteiger partial charge in [-0.05, 0) is 23.8 Å². The Labute approximate surface area is 136 Å². The molecule has 0 aliphatic rings. The molecule has 1 amide bonds. The molecular weight excluding hydrogens is 290 g/mol. The minimum Gasteiger partial charge on any atom is -0.482 e. The van der Waals surface area contributed by atoms with Crippen molar-refractivity contribution in [3.63, 3.8) is 0 Å². The van der Waals surface area contributed by atoms with Crippen LogP contribution in [0.2, 0.25) is 0 Å². The second-order valence-corrected chi connectivity index (χ2v) is 5.07. The summed E-state index contributed by atoms with van der Waals surface area (Å²) >= 11 is 0. The van der Waals surface area contributed by atoms with Crippen molar-refractivity contribution in [3.8, 4) is 5.75 Å². The van der Waals surface area contributed by atoms with Crippen molar-refractivity contribution in [2.45, 2.75) is 19.6 Å². The quantitative estimate of drug-likeness (QED) is 0.754. The Morgan fingerprint density at radius 2 is 1.87 bits per heavy atom. The largest absolute Gasteiger partial charge is 0.482 e. The average Bonchev–Trinajstić information content (AvgIpc) is 2.56. The summed E-state index contributed by atoms with van der Waals surface area (Å²) in [7, 11) is 0. The van der Waals surface area contributed by atoms with E-state index in [2.05, 4.69) is 11.9 Å². The van der Waals surface area contributed by atoms with E-state index in [0.717, 1.165) is 5.56 Å². The number of amides is 1. The predicted molar refractivity (Wildman–Crippen MR) is 91.5 cm³/mol. The van der Waals surface area contributed by atoms with E-state index in [9.17, 15) is 4.79 Å². The van der Waals surface area contributed by atoms with Crippen molar-refractivity contribution in [3.05, 3.63) is 72.8 Å². The van der Waals surface area contributed by atoms with Crippen molar-refractivity contribution in [1.82, 2.24) is 0 Å². The highest BCUT2D eigenvalue weighted by Crippen LogP contribution is 2.25. The monoisotopic (exact) mass is 311 g/mol. The van der Waals surface area contributed by atoms with Crippen LogP contribution in [0.1, 0.15) is 12.5 Å². The Morgan fingerprint density at radius 1 is 1.17 bits per heavy atom. The van der Waals surface area contributed by atoms with Gasteiger partial charge in [-0.25, -0.2) is 0 Å². The predicted octanol–water partition coefficient (Wildman–Crippen LogP) is 3.80. The molecule has 0 heterocycles. The number of carbonyl (C=O) groups is 1. The lowest BCUT2D eigenvalue weighted by Gasteiger charge is -2.18. The number of carbonyl (C=O) groups excluding carboxylic acids is 1. The molecule has 0 saturated heterocycles. The summed E-state index contributed by atoms with van der Waals surface area (Å²) in [6.45, 7) is 6.14. The highest BCUT2D eigenvalue weighted by Gasteiger charge is 2.10. The molecule has 4 heteroatoms. The number of ether oxygens (including phenoxy) is 2. The van der Waals surface area contributed by atoms with Crippen molar-refractivity contribution in [2.24, 2.45) is 0 Å². The van der Waals surface area contributed by atoms with E-state index in [4.69, 9.17) is 9.47 Å². The van der Waals surface area contributed by atoms with Gasteiger partial charge in [0.2, 0.25) is 5.91 Å². The third-order valence-electron chi connectivity index (χ3n) is 3.13. The molecule has 0 radical (unpaired) electrons. The highest BCUT2D eigenvalue weighted by atomic mass is 16.5. The number of rotatable bonds is 8. The maximum absolute atomic E-state index is 11.2. The molecule has 0 saturated carbocycles. The Morgan fingerprint density at radius 3 is 2.57 bits per heavy atom. The van der Waals surface area contributed by atoms with E-state index in [1.54, 1.807) is 18.2 Å². The molecular formula is C19H21NO3. The lowest BCUT2D eigenvalue weighted by atomic mass is 10.2. The van der Waals surface area contributed by atoms with E-state index < -0.39 is 0 Å². The van der Waals surface area contributed by atoms with Gasteiger partial charge in [0, 0.05) is 6.92 Å². The van der Waals surface area contributed by atoms with Crippen LogP contribution in [0.4, 0.5) is 5.69 Å². The van der Waals surface area contributed by atoms with Crippen LogP contribution in [-0.2, 0) is 16.1 Å². The molecule has 0 fully saturated rings. The Kier molecular flexibility index (Phi) is 6.39. The average molecular weight is 311 g/mol. The molecule has 23 heavy (non-hydrogen) atoms. The van der Waals surface area contributed by atoms with Crippen LogP contribution >= 0.6 is 0 Å². The fourth-order valence-corrected chi connectivity index (χ4v) is 2.04. The lowest BCUT2D eigenvalue weighted by molar-refractivity contribution is -0.114. The maximum atomic E-state index is 11.2. The van der Waals surface area contributed by atoms with Crippen LogP contribution in [-0.4, -0.2) is 18.6 Å². The first kappa shape index (κ1) is 16.8. The van der Waals surface area contributed by atoms with Gasteiger partial charge in [0.25, 0.3) is 0 Å². The zero-order valence-electron chi connectivity index (χ0n) is 13.2. The summed E-state index contributed by atoms with van der Waals surface area (Å²) in [5.74, 6) is 0.451. The number of anilines is 1. The molecule has 4 nitrogen and oxygen atoms in total. The third-order valence-corrected chi connectivity index (χ3v) is 3.13. The molecule has 1 atom stereocenters. The lowest BCUT2D eigenvalue weighted by Crippen LogP contribution is -2.21.